The van der Waals surface area contributed by atoms with Crippen LogP contribution < -0.4 is 9.47 Å². The molecule has 0 amide bonds. The van der Waals surface area contributed by atoms with E-state index in [1.54, 1.807) is 33.3 Å². The molecule has 0 fully saturated rings. The fourth-order valence-electron chi connectivity index (χ4n) is 2.72. The van der Waals surface area contributed by atoms with Gasteiger partial charge in [0.1, 0.15) is 0 Å². The number of rotatable bonds is 5. The van der Waals surface area contributed by atoms with Crippen LogP contribution in [0.4, 0.5) is 5.69 Å². The van der Waals surface area contributed by atoms with E-state index in [-0.39, 0.29) is 14.5 Å². The van der Waals surface area contributed by atoms with Crippen molar-refractivity contribution in [3.8, 4) is 32.8 Å². The summed E-state index contributed by atoms with van der Waals surface area (Å²) in [5.41, 5.74) is 3.39. The maximum absolute atomic E-state index is 11.3. The quantitative estimate of drug-likeness (QED) is 0.492. The van der Waals surface area contributed by atoms with Crippen LogP contribution in [0, 0.1) is 13.5 Å². The number of aromatic nitrogens is 1. The Hall–Kier alpha value is -3.07. The van der Waals surface area contributed by atoms with Crippen molar-refractivity contribution >= 4 is 26.2 Å². The van der Waals surface area contributed by atoms with E-state index < -0.39 is 5.97 Å². The zero-order valence-electron chi connectivity index (χ0n) is 14.9. The summed E-state index contributed by atoms with van der Waals surface area (Å²) >= 11 is -0.375. The molecule has 27 heavy (non-hydrogen) atoms. The van der Waals surface area contributed by atoms with E-state index in [0.717, 1.165) is 21.3 Å². The topological polar surface area (TPSA) is 73.0 Å². The number of hydrogen-bond acceptors (Lipinski definition) is 4. The summed E-state index contributed by atoms with van der Waals surface area (Å²) in [6, 6.07) is 11.0. The van der Waals surface area contributed by atoms with E-state index in [0.29, 0.717) is 27.3 Å². The van der Waals surface area contributed by atoms with Gasteiger partial charge in [-0.1, -0.05) is 0 Å². The average molecular weight is 427 g/mol. The second kappa shape index (κ2) is 7.66. The molecule has 7 heteroatoms. The molecule has 1 N–H and O–H groups in total. The molecule has 0 aliphatic heterocycles. The molecule has 0 spiro atoms. The maximum atomic E-state index is 11.3. The van der Waals surface area contributed by atoms with E-state index >= 15 is 0 Å². The van der Waals surface area contributed by atoms with Crippen LogP contribution in [0.1, 0.15) is 14.9 Å². The molecular weight excluding hydrogens is 411 g/mol. The van der Waals surface area contributed by atoms with Crippen molar-refractivity contribution in [3.63, 3.8) is 0 Å². The van der Waals surface area contributed by atoms with Crippen molar-refractivity contribution in [1.29, 1.82) is 0 Å². The van der Waals surface area contributed by atoms with Crippen LogP contribution in [0.25, 0.3) is 26.1 Å². The monoisotopic (exact) mass is 428 g/mol. The summed E-state index contributed by atoms with van der Waals surface area (Å²) in [6.07, 6.45) is 0. The first-order valence-electron chi connectivity index (χ1n) is 7.93. The van der Waals surface area contributed by atoms with E-state index in [9.17, 15) is 9.90 Å². The third-order valence-corrected chi connectivity index (χ3v) is 6.56. The number of carbonyl (C=O) groups is 1. The number of hydrogen-bond donors (Lipinski definition) is 1. The van der Waals surface area contributed by atoms with Gasteiger partial charge in [-0.15, -0.1) is 0 Å². The van der Waals surface area contributed by atoms with Crippen LogP contribution in [-0.2, 0) is 0 Å². The van der Waals surface area contributed by atoms with Gasteiger partial charge in [-0.3, -0.25) is 0 Å². The summed E-state index contributed by atoms with van der Waals surface area (Å²) < 4.78 is 11.7. The van der Waals surface area contributed by atoms with Gasteiger partial charge in [0, 0.05) is 0 Å². The summed E-state index contributed by atoms with van der Waals surface area (Å²) in [7, 11) is 3.14. The molecule has 136 valence electrons. The number of nitrogens with zero attached hydrogens (tertiary/aromatic N) is 2. The van der Waals surface area contributed by atoms with Gasteiger partial charge in [-0.25, -0.2) is 0 Å². The van der Waals surface area contributed by atoms with Crippen LogP contribution in [-0.4, -0.2) is 44.8 Å². The Balaban J connectivity index is 2.07. The molecule has 1 aromatic heterocycles. The molecule has 6 nitrogen and oxygen atoms in total. The number of benzene rings is 2. The first kappa shape index (κ1) is 18.7. The first-order valence-corrected chi connectivity index (χ1v) is 9.64. The minimum atomic E-state index is -0.932. The minimum absolute atomic E-state index is 0.353. The summed E-state index contributed by atoms with van der Waals surface area (Å²) in [5.74, 6) is 0.274. The van der Waals surface area contributed by atoms with Gasteiger partial charge in [-0.2, -0.15) is 0 Å². The standard InChI is InChI=1S/C20H16N2O4Se/c1-11-18(20(23)24)27-19(22-11)13-5-7-14(15(9-13)21-2)12-6-8-16(25-3)17(10-12)26-4/h5-10H,1,3-4H3,(H,23,24). The van der Waals surface area contributed by atoms with Gasteiger partial charge >= 0.3 is 162 Å². The van der Waals surface area contributed by atoms with Gasteiger partial charge in [0.15, 0.2) is 0 Å². The molecule has 1 heterocycles. The van der Waals surface area contributed by atoms with Gasteiger partial charge < -0.3 is 0 Å². The third-order valence-electron chi connectivity index (χ3n) is 4.05. The molecule has 0 unspecified atom stereocenters. The van der Waals surface area contributed by atoms with Crippen molar-refractivity contribution in [2.45, 2.75) is 6.92 Å². The molecule has 0 aliphatic rings. The Morgan fingerprint density at radius 2 is 1.81 bits per heavy atom. The van der Waals surface area contributed by atoms with Crippen LogP contribution in [0.2, 0.25) is 0 Å². The van der Waals surface area contributed by atoms with E-state index in [4.69, 9.17) is 16.0 Å². The first-order chi connectivity index (χ1) is 13.0. The van der Waals surface area contributed by atoms with Crippen molar-refractivity contribution in [2.75, 3.05) is 14.2 Å². The van der Waals surface area contributed by atoms with Gasteiger partial charge in [0.2, 0.25) is 0 Å². The normalized spacial score (nSPS) is 10.3. The molecule has 0 bridgehead atoms. The summed E-state index contributed by atoms with van der Waals surface area (Å²) in [5, 5.41) is 9.25. The third kappa shape index (κ3) is 3.59. The molecule has 0 saturated heterocycles. The van der Waals surface area contributed by atoms with Gasteiger partial charge in [0.25, 0.3) is 0 Å². The number of carboxylic acid groups (broad SMARTS) is 1. The Morgan fingerprint density at radius 3 is 2.41 bits per heavy atom. The molecule has 3 aromatic rings. The fraction of sp³-hybridized carbons (Fsp3) is 0.150. The molecule has 0 aliphatic carbocycles. The van der Waals surface area contributed by atoms with E-state index in [1.807, 2.05) is 24.3 Å². The molecule has 0 atom stereocenters. The SMILES string of the molecule is [C-]#[N+]c1cc(-c2nc(C)c(C(=O)O)[se]2)ccc1-c1ccc(OC)c(OC)c1. The van der Waals surface area contributed by atoms with Crippen molar-refractivity contribution in [3.05, 3.63) is 57.9 Å². The molecular formula is C20H16N2O4Se. The zero-order valence-corrected chi connectivity index (χ0v) is 16.7. The van der Waals surface area contributed by atoms with E-state index in [2.05, 4.69) is 9.83 Å². The number of aromatic carboxylic acids is 1. The van der Waals surface area contributed by atoms with Crippen LogP contribution in [0.15, 0.2) is 36.4 Å². The summed E-state index contributed by atoms with van der Waals surface area (Å²) in [4.78, 5) is 19.3. The molecule has 0 saturated carbocycles. The predicted octanol–water partition coefficient (Wildman–Crippen LogP) is 4.05. The van der Waals surface area contributed by atoms with Crippen LogP contribution in [0.5, 0.6) is 11.5 Å². The van der Waals surface area contributed by atoms with Crippen LogP contribution >= 0.6 is 0 Å². The zero-order chi connectivity index (χ0) is 19.6. The molecule has 2 aromatic carbocycles. The molecule has 0 radical (unpaired) electrons. The number of methoxy groups -OCH3 is 2. The van der Waals surface area contributed by atoms with Crippen LogP contribution in [0.3, 0.4) is 0 Å². The Kier molecular flexibility index (Phi) is 5.31. The second-order valence-electron chi connectivity index (χ2n) is 5.65. The van der Waals surface area contributed by atoms with Crippen molar-refractivity contribution in [2.24, 2.45) is 0 Å². The number of aryl methyl sites for hydroxylation is 1. The van der Waals surface area contributed by atoms with Crippen molar-refractivity contribution in [1.82, 2.24) is 4.98 Å². The van der Waals surface area contributed by atoms with Gasteiger partial charge in [0.05, 0.1) is 0 Å². The fourth-order valence-corrected chi connectivity index (χ4v) is 4.61. The Morgan fingerprint density at radius 1 is 1.11 bits per heavy atom. The molecule has 3 rings (SSSR count). The van der Waals surface area contributed by atoms with E-state index in [1.165, 1.54) is 0 Å². The summed E-state index contributed by atoms with van der Waals surface area (Å²) in [6.45, 7) is 9.26. The number of ether oxygens (including phenoxy) is 2. The van der Waals surface area contributed by atoms with Gasteiger partial charge in [-0.05, 0) is 0 Å². The second-order valence-corrected chi connectivity index (χ2v) is 7.75. The Bertz CT molecular complexity index is 1070. The predicted molar refractivity (Wildman–Crippen MR) is 103 cm³/mol. The number of carboxylic acids is 1. The average Bonchev–Trinajstić information content (AvgIpc) is 3.08. The van der Waals surface area contributed by atoms with Crippen molar-refractivity contribution < 1.29 is 19.4 Å². The Labute approximate surface area is 162 Å².